The largest absolute Gasteiger partial charge is 0.383 e. The van der Waals surface area contributed by atoms with E-state index in [-0.39, 0.29) is 16.8 Å². The van der Waals surface area contributed by atoms with Crippen LogP contribution in [0.4, 0.5) is 5.82 Å². The van der Waals surface area contributed by atoms with E-state index in [4.69, 9.17) is 17.3 Å². The second kappa shape index (κ2) is 6.01. The normalized spacial score (nSPS) is 13.3. The fourth-order valence-electron chi connectivity index (χ4n) is 1.96. The maximum Gasteiger partial charge on any atom is 0.247 e. The lowest BCUT2D eigenvalue weighted by atomic mass is 10.1. The third-order valence-electron chi connectivity index (χ3n) is 3.33. The molecule has 0 amide bonds. The molecule has 0 fully saturated rings. The Bertz CT molecular complexity index is 749. The molecule has 1 unspecified atom stereocenters. The Morgan fingerprint density at radius 1 is 1.29 bits per heavy atom. The van der Waals surface area contributed by atoms with Gasteiger partial charge in [0.2, 0.25) is 10.0 Å². The molecule has 0 saturated heterocycles. The van der Waals surface area contributed by atoms with E-state index in [9.17, 15) is 8.42 Å². The SMILES string of the molecule is CC(c1cccc(Cl)c1)N(C)S(=O)(=O)c1cccnc1N. The number of anilines is 1. The maximum atomic E-state index is 12.6. The molecule has 0 aliphatic rings. The summed E-state index contributed by atoms with van der Waals surface area (Å²) in [5, 5.41) is 0.561. The highest BCUT2D eigenvalue weighted by Crippen LogP contribution is 2.28. The summed E-state index contributed by atoms with van der Waals surface area (Å²) in [6.45, 7) is 1.79. The summed E-state index contributed by atoms with van der Waals surface area (Å²) < 4.78 is 26.5. The molecule has 0 aliphatic heterocycles. The Morgan fingerprint density at radius 2 is 2.00 bits per heavy atom. The Balaban J connectivity index is 2.39. The molecule has 5 nitrogen and oxygen atoms in total. The molecule has 2 N–H and O–H groups in total. The Hall–Kier alpha value is -1.63. The van der Waals surface area contributed by atoms with E-state index in [1.807, 2.05) is 6.07 Å². The molecular weight excluding hydrogens is 310 g/mol. The third-order valence-corrected chi connectivity index (χ3v) is 5.54. The first-order chi connectivity index (χ1) is 9.84. The van der Waals surface area contributed by atoms with Crippen LogP contribution in [-0.4, -0.2) is 24.8 Å². The topological polar surface area (TPSA) is 76.3 Å². The van der Waals surface area contributed by atoms with Crippen molar-refractivity contribution in [3.63, 3.8) is 0 Å². The highest BCUT2D eigenvalue weighted by Gasteiger charge is 2.28. The van der Waals surface area contributed by atoms with E-state index in [0.717, 1.165) is 5.56 Å². The fraction of sp³-hybridized carbons (Fsp3) is 0.214. The van der Waals surface area contributed by atoms with Crippen LogP contribution in [0.25, 0.3) is 0 Å². The van der Waals surface area contributed by atoms with Crippen molar-refractivity contribution in [3.8, 4) is 0 Å². The van der Waals surface area contributed by atoms with Crippen molar-refractivity contribution in [1.29, 1.82) is 0 Å². The predicted molar refractivity (Wildman–Crippen MR) is 83.5 cm³/mol. The molecule has 1 atom stereocenters. The van der Waals surface area contributed by atoms with Crippen LogP contribution in [0.1, 0.15) is 18.5 Å². The first kappa shape index (κ1) is 15.8. The van der Waals surface area contributed by atoms with Gasteiger partial charge in [-0.15, -0.1) is 0 Å². The Labute approximate surface area is 129 Å². The number of nitrogens with two attached hydrogens (primary N) is 1. The van der Waals surface area contributed by atoms with Crippen molar-refractivity contribution in [3.05, 3.63) is 53.2 Å². The lowest BCUT2D eigenvalue weighted by Crippen LogP contribution is -2.30. The molecule has 0 bridgehead atoms. The van der Waals surface area contributed by atoms with Crippen LogP contribution in [-0.2, 0) is 10.0 Å². The smallest absolute Gasteiger partial charge is 0.247 e. The van der Waals surface area contributed by atoms with E-state index in [1.54, 1.807) is 31.2 Å². The zero-order valence-electron chi connectivity index (χ0n) is 11.7. The van der Waals surface area contributed by atoms with Crippen LogP contribution in [0.3, 0.4) is 0 Å². The summed E-state index contributed by atoms with van der Waals surface area (Å²) in [6, 6.07) is 9.70. The van der Waals surface area contributed by atoms with Crippen molar-refractivity contribution in [2.24, 2.45) is 0 Å². The van der Waals surface area contributed by atoms with Gasteiger partial charge in [0, 0.05) is 24.3 Å². The van der Waals surface area contributed by atoms with E-state index >= 15 is 0 Å². The Morgan fingerprint density at radius 3 is 2.62 bits per heavy atom. The molecule has 0 radical (unpaired) electrons. The summed E-state index contributed by atoms with van der Waals surface area (Å²) >= 11 is 5.95. The number of nitrogen functional groups attached to an aromatic ring is 1. The van der Waals surface area contributed by atoms with E-state index in [0.29, 0.717) is 5.02 Å². The molecule has 7 heteroatoms. The highest BCUT2D eigenvalue weighted by atomic mass is 35.5. The first-order valence-electron chi connectivity index (χ1n) is 6.28. The molecule has 0 saturated carbocycles. The van der Waals surface area contributed by atoms with Gasteiger partial charge in [0.25, 0.3) is 0 Å². The Kier molecular flexibility index (Phi) is 4.51. The summed E-state index contributed by atoms with van der Waals surface area (Å²) in [5.41, 5.74) is 6.47. The lowest BCUT2D eigenvalue weighted by Gasteiger charge is -2.25. The molecule has 2 rings (SSSR count). The van der Waals surface area contributed by atoms with Gasteiger partial charge >= 0.3 is 0 Å². The number of rotatable bonds is 4. The van der Waals surface area contributed by atoms with Gasteiger partial charge in [0.05, 0.1) is 0 Å². The molecule has 2 aromatic rings. The fourth-order valence-corrected chi connectivity index (χ4v) is 3.58. The van der Waals surface area contributed by atoms with E-state index < -0.39 is 10.0 Å². The molecule has 0 aliphatic carbocycles. The monoisotopic (exact) mass is 325 g/mol. The van der Waals surface area contributed by atoms with Gasteiger partial charge in [0.15, 0.2) is 0 Å². The van der Waals surface area contributed by atoms with Gasteiger partial charge in [-0.05, 0) is 36.8 Å². The number of sulfonamides is 1. The zero-order valence-corrected chi connectivity index (χ0v) is 13.3. The van der Waals surface area contributed by atoms with Crippen molar-refractivity contribution in [2.45, 2.75) is 17.9 Å². The van der Waals surface area contributed by atoms with Crippen molar-refractivity contribution in [1.82, 2.24) is 9.29 Å². The average Bonchev–Trinajstić information content (AvgIpc) is 2.46. The van der Waals surface area contributed by atoms with Crippen LogP contribution in [0, 0.1) is 0 Å². The number of benzene rings is 1. The summed E-state index contributed by atoms with van der Waals surface area (Å²) in [6.07, 6.45) is 1.45. The van der Waals surface area contributed by atoms with Crippen LogP contribution < -0.4 is 5.73 Å². The van der Waals surface area contributed by atoms with Gasteiger partial charge in [-0.2, -0.15) is 4.31 Å². The standard InChI is InChI=1S/C14H16ClN3O2S/c1-10(11-5-3-6-12(15)9-11)18(2)21(19,20)13-7-4-8-17-14(13)16/h3-10H,1-2H3,(H2,16,17). The van der Waals surface area contributed by atoms with Crippen LogP contribution in [0.5, 0.6) is 0 Å². The van der Waals surface area contributed by atoms with Gasteiger partial charge < -0.3 is 5.73 Å². The molecule has 21 heavy (non-hydrogen) atoms. The van der Waals surface area contributed by atoms with Crippen LogP contribution in [0.2, 0.25) is 5.02 Å². The average molecular weight is 326 g/mol. The van der Waals surface area contributed by atoms with Gasteiger partial charge in [-0.1, -0.05) is 23.7 Å². The van der Waals surface area contributed by atoms with Crippen molar-refractivity contribution in [2.75, 3.05) is 12.8 Å². The van der Waals surface area contributed by atoms with Crippen molar-refractivity contribution < 1.29 is 8.42 Å². The van der Waals surface area contributed by atoms with Crippen LogP contribution >= 0.6 is 11.6 Å². The summed E-state index contributed by atoms with van der Waals surface area (Å²) in [5.74, 6) is -0.0114. The minimum Gasteiger partial charge on any atom is -0.383 e. The lowest BCUT2D eigenvalue weighted by molar-refractivity contribution is 0.398. The molecule has 0 spiro atoms. The van der Waals surface area contributed by atoms with Gasteiger partial charge in [-0.25, -0.2) is 13.4 Å². The van der Waals surface area contributed by atoms with Gasteiger partial charge in [-0.3, -0.25) is 0 Å². The first-order valence-corrected chi connectivity index (χ1v) is 8.10. The molecule has 1 heterocycles. The zero-order chi connectivity index (χ0) is 15.6. The van der Waals surface area contributed by atoms with Gasteiger partial charge in [0.1, 0.15) is 10.7 Å². The highest BCUT2D eigenvalue weighted by molar-refractivity contribution is 7.89. The quantitative estimate of drug-likeness (QED) is 0.937. The van der Waals surface area contributed by atoms with E-state index in [1.165, 1.54) is 23.6 Å². The van der Waals surface area contributed by atoms with Crippen LogP contribution in [0.15, 0.2) is 47.5 Å². The number of hydrogen-bond donors (Lipinski definition) is 1. The number of halogens is 1. The van der Waals surface area contributed by atoms with Crippen molar-refractivity contribution >= 4 is 27.4 Å². The second-order valence-corrected chi connectivity index (χ2v) is 7.04. The minimum absolute atomic E-state index is 0.00128. The number of aromatic nitrogens is 1. The van der Waals surface area contributed by atoms with E-state index in [2.05, 4.69) is 4.98 Å². The molecule has 112 valence electrons. The minimum atomic E-state index is -3.73. The third kappa shape index (κ3) is 3.18. The summed E-state index contributed by atoms with van der Waals surface area (Å²) in [7, 11) is -2.22. The summed E-state index contributed by atoms with van der Waals surface area (Å²) in [4.78, 5) is 3.83. The number of hydrogen-bond acceptors (Lipinski definition) is 4. The number of pyridine rings is 1. The predicted octanol–water partition coefficient (Wildman–Crippen LogP) is 2.70. The molecule has 1 aromatic carbocycles. The second-order valence-electron chi connectivity index (χ2n) is 4.64. The number of nitrogens with zero attached hydrogens (tertiary/aromatic N) is 2. The maximum absolute atomic E-state index is 12.6. The molecule has 1 aromatic heterocycles. The molecular formula is C14H16ClN3O2S.